The van der Waals surface area contributed by atoms with Gasteiger partial charge in [-0.3, -0.25) is 4.79 Å². The standard InChI is InChI=1S/C16H14O7/c1-22-11-3-2-7(4-9(11)18)16-15(21)14(20)13-10(19)5-8(17)6-12(13)23-16/h2-6,15-19,21H,1H3/t15-,16-/m1/s1. The average molecular weight is 318 g/mol. The Morgan fingerprint density at radius 2 is 1.83 bits per heavy atom. The number of aliphatic hydroxyl groups is 1. The third-order valence-electron chi connectivity index (χ3n) is 3.65. The first kappa shape index (κ1) is 15.0. The number of hydrogen-bond donors (Lipinski definition) is 4. The number of benzene rings is 2. The van der Waals surface area contributed by atoms with Gasteiger partial charge in [0.25, 0.3) is 0 Å². The van der Waals surface area contributed by atoms with Crippen LogP contribution in [-0.2, 0) is 0 Å². The molecule has 0 unspecified atom stereocenters. The van der Waals surface area contributed by atoms with Crippen molar-refractivity contribution in [3.63, 3.8) is 0 Å². The highest BCUT2D eigenvalue weighted by molar-refractivity contribution is 6.05. The Labute approximate surface area is 131 Å². The van der Waals surface area contributed by atoms with Crippen LogP contribution in [0.15, 0.2) is 30.3 Å². The minimum absolute atomic E-state index is 0.0434. The molecule has 1 heterocycles. The van der Waals surface area contributed by atoms with Gasteiger partial charge in [-0.05, 0) is 17.7 Å². The van der Waals surface area contributed by atoms with Crippen molar-refractivity contribution in [2.24, 2.45) is 0 Å². The Bertz CT molecular complexity index is 784. The molecular formula is C16H14O7. The summed E-state index contributed by atoms with van der Waals surface area (Å²) >= 11 is 0. The summed E-state index contributed by atoms with van der Waals surface area (Å²) in [5.74, 6) is -1.46. The van der Waals surface area contributed by atoms with Gasteiger partial charge >= 0.3 is 0 Å². The third-order valence-corrected chi connectivity index (χ3v) is 3.65. The van der Waals surface area contributed by atoms with E-state index < -0.39 is 23.7 Å². The SMILES string of the molecule is COc1ccc([C@H]2Oc3cc(O)cc(O)c3C(=O)[C@H]2O)cc1O. The number of methoxy groups -OCH3 is 1. The van der Waals surface area contributed by atoms with Gasteiger partial charge < -0.3 is 29.9 Å². The number of rotatable bonds is 2. The molecule has 0 saturated carbocycles. The first-order valence-electron chi connectivity index (χ1n) is 6.74. The number of aromatic hydroxyl groups is 3. The van der Waals surface area contributed by atoms with E-state index in [2.05, 4.69) is 0 Å². The molecule has 0 bridgehead atoms. The highest BCUT2D eigenvalue weighted by atomic mass is 16.5. The van der Waals surface area contributed by atoms with E-state index in [0.717, 1.165) is 6.07 Å². The molecule has 1 aliphatic rings. The number of ketones is 1. The molecule has 1 aliphatic heterocycles. The number of phenols is 3. The molecule has 4 N–H and O–H groups in total. The van der Waals surface area contributed by atoms with E-state index in [1.807, 2.05) is 0 Å². The Morgan fingerprint density at radius 3 is 2.48 bits per heavy atom. The largest absolute Gasteiger partial charge is 0.508 e. The summed E-state index contributed by atoms with van der Waals surface area (Å²) in [6.45, 7) is 0. The first-order valence-corrected chi connectivity index (χ1v) is 6.74. The van der Waals surface area contributed by atoms with Crippen LogP contribution < -0.4 is 9.47 Å². The zero-order chi connectivity index (χ0) is 16.7. The number of Topliss-reactive ketones (excluding diaryl/α,β-unsaturated/α-hetero) is 1. The summed E-state index contributed by atoms with van der Waals surface area (Å²) in [6, 6.07) is 6.49. The Morgan fingerprint density at radius 1 is 1.09 bits per heavy atom. The van der Waals surface area contributed by atoms with Gasteiger partial charge in [0.2, 0.25) is 5.78 Å². The minimum Gasteiger partial charge on any atom is -0.508 e. The van der Waals surface area contributed by atoms with Gasteiger partial charge in [0.1, 0.15) is 22.8 Å². The molecular weight excluding hydrogens is 304 g/mol. The van der Waals surface area contributed by atoms with Gasteiger partial charge in [0.15, 0.2) is 23.7 Å². The predicted molar refractivity (Wildman–Crippen MR) is 78.1 cm³/mol. The molecule has 0 aliphatic carbocycles. The van der Waals surface area contributed by atoms with Crippen LogP contribution in [0.1, 0.15) is 22.0 Å². The fourth-order valence-corrected chi connectivity index (χ4v) is 2.55. The molecule has 2 atom stereocenters. The summed E-state index contributed by atoms with van der Waals surface area (Å²) in [5.41, 5.74) is 0.155. The lowest BCUT2D eigenvalue weighted by Crippen LogP contribution is -2.36. The molecule has 0 aromatic heterocycles. The highest BCUT2D eigenvalue weighted by Crippen LogP contribution is 2.42. The lowest BCUT2D eigenvalue weighted by Gasteiger charge is -2.30. The maximum Gasteiger partial charge on any atom is 0.202 e. The van der Waals surface area contributed by atoms with E-state index in [-0.39, 0.29) is 28.6 Å². The number of phenolic OH excluding ortho intramolecular Hbond substituents is 3. The van der Waals surface area contributed by atoms with Crippen LogP contribution in [0, 0.1) is 0 Å². The van der Waals surface area contributed by atoms with E-state index in [0.29, 0.717) is 5.56 Å². The molecule has 3 rings (SSSR count). The van der Waals surface area contributed by atoms with Crippen LogP contribution >= 0.6 is 0 Å². The van der Waals surface area contributed by atoms with Crippen LogP contribution in [0.4, 0.5) is 0 Å². The van der Waals surface area contributed by atoms with Gasteiger partial charge in [-0.1, -0.05) is 6.07 Å². The molecule has 120 valence electrons. The number of ether oxygens (including phenoxy) is 2. The second kappa shape index (κ2) is 5.36. The second-order valence-electron chi connectivity index (χ2n) is 5.12. The fourth-order valence-electron chi connectivity index (χ4n) is 2.55. The summed E-state index contributed by atoms with van der Waals surface area (Å²) in [4.78, 5) is 12.3. The van der Waals surface area contributed by atoms with Crippen LogP contribution in [0.2, 0.25) is 0 Å². The topological polar surface area (TPSA) is 116 Å². The number of carbonyl (C=O) groups is 1. The van der Waals surface area contributed by atoms with Crippen LogP contribution in [0.3, 0.4) is 0 Å². The Hall–Kier alpha value is -2.93. The second-order valence-corrected chi connectivity index (χ2v) is 5.12. The van der Waals surface area contributed by atoms with Crippen LogP contribution in [-0.4, -0.2) is 39.4 Å². The molecule has 0 saturated heterocycles. The zero-order valence-electron chi connectivity index (χ0n) is 12.1. The number of carbonyl (C=O) groups excluding carboxylic acids is 1. The molecule has 0 fully saturated rings. The normalized spacial score (nSPS) is 19.8. The third kappa shape index (κ3) is 2.40. The van der Waals surface area contributed by atoms with Crippen LogP contribution in [0.25, 0.3) is 0 Å². The molecule has 2 aromatic carbocycles. The average Bonchev–Trinajstić information content (AvgIpc) is 2.50. The zero-order valence-corrected chi connectivity index (χ0v) is 12.1. The number of hydrogen-bond acceptors (Lipinski definition) is 7. The van der Waals surface area contributed by atoms with E-state index in [1.54, 1.807) is 0 Å². The molecule has 0 spiro atoms. The molecule has 0 amide bonds. The molecule has 7 nitrogen and oxygen atoms in total. The molecule has 0 radical (unpaired) electrons. The van der Waals surface area contributed by atoms with E-state index in [9.17, 15) is 25.2 Å². The van der Waals surface area contributed by atoms with E-state index in [4.69, 9.17) is 9.47 Å². The quantitative estimate of drug-likeness (QED) is 0.663. The fraction of sp³-hybridized carbons (Fsp3) is 0.188. The van der Waals surface area contributed by atoms with E-state index >= 15 is 0 Å². The number of fused-ring (bicyclic) bond motifs is 1. The van der Waals surface area contributed by atoms with Crippen LogP contribution in [0.5, 0.6) is 28.7 Å². The van der Waals surface area contributed by atoms with Crippen molar-refractivity contribution in [1.82, 2.24) is 0 Å². The van der Waals surface area contributed by atoms with Crippen molar-refractivity contribution in [2.75, 3.05) is 7.11 Å². The van der Waals surface area contributed by atoms with Crippen molar-refractivity contribution >= 4 is 5.78 Å². The van der Waals surface area contributed by atoms with E-state index in [1.165, 1.54) is 31.4 Å². The van der Waals surface area contributed by atoms with Gasteiger partial charge in [-0.25, -0.2) is 0 Å². The predicted octanol–water partition coefficient (Wildman–Crippen LogP) is 1.49. The summed E-state index contributed by atoms with van der Waals surface area (Å²) in [7, 11) is 1.39. The van der Waals surface area contributed by atoms with Crippen molar-refractivity contribution in [3.05, 3.63) is 41.5 Å². The first-order chi connectivity index (χ1) is 10.9. The van der Waals surface area contributed by atoms with Gasteiger partial charge in [-0.2, -0.15) is 0 Å². The summed E-state index contributed by atoms with van der Waals surface area (Å²) in [5, 5.41) is 39.3. The van der Waals surface area contributed by atoms with Gasteiger partial charge in [-0.15, -0.1) is 0 Å². The maximum absolute atomic E-state index is 12.3. The Balaban J connectivity index is 2.05. The highest BCUT2D eigenvalue weighted by Gasteiger charge is 2.39. The molecule has 7 heteroatoms. The maximum atomic E-state index is 12.3. The molecule has 23 heavy (non-hydrogen) atoms. The van der Waals surface area contributed by atoms with Crippen molar-refractivity contribution in [1.29, 1.82) is 0 Å². The molecule has 2 aromatic rings. The van der Waals surface area contributed by atoms with Crippen molar-refractivity contribution < 1.29 is 34.7 Å². The monoisotopic (exact) mass is 318 g/mol. The van der Waals surface area contributed by atoms with Crippen molar-refractivity contribution in [2.45, 2.75) is 12.2 Å². The minimum atomic E-state index is -1.56. The summed E-state index contributed by atoms with van der Waals surface area (Å²) < 4.78 is 10.5. The summed E-state index contributed by atoms with van der Waals surface area (Å²) in [6.07, 6.45) is -2.65. The van der Waals surface area contributed by atoms with Crippen molar-refractivity contribution in [3.8, 4) is 28.7 Å². The lowest BCUT2D eigenvalue weighted by molar-refractivity contribution is 0.0210. The number of aliphatic hydroxyl groups excluding tert-OH is 1. The lowest BCUT2D eigenvalue weighted by atomic mass is 9.92. The van der Waals surface area contributed by atoms with Gasteiger partial charge in [0.05, 0.1) is 7.11 Å². The van der Waals surface area contributed by atoms with Gasteiger partial charge in [0, 0.05) is 12.1 Å². The Kier molecular flexibility index (Phi) is 3.49. The smallest absolute Gasteiger partial charge is 0.202 e.